The van der Waals surface area contributed by atoms with Crippen LogP contribution in [-0.4, -0.2) is 16.1 Å². The Morgan fingerprint density at radius 2 is 1.70 bits per heavy atom. The van der Waals surface area contributed by atoms with Crippen LogP contribution in [-0.2, 0) is 13.0 Å². The number of carbonyl (C=O) groups is 1. The van der Waals surface area contributed by atoms with E-state index in [1.807, 2.05) is 60.7 Å². The van der Waals surface area contributed by atoms with Gasteiger partial charge in [0.15, 0.2) is 0 Å². The number of hydrogen-bond acceptors (Lipinski definition) is 4. The number of ether oxygens (including phenoxy) is 1. The summed E-state index contributed by atoms with van der Waals surface area (Å²) in [4.78, 5) is 16.2. The third-order valence-electron chi connectivity index (χ3n) is 3.26. The number of para-hydroxylation sites is 1. The largest absolute Gasteiger partial charge is 0.486 e. The zero-order valence-electron chi connectivity index (χ0n) is 12.3. The van der Waals surface area contributed by atoms with Gasteiger partial charge in [0, 0.05) is 6.42 Å². The van der Waals surface area contributed by atoms with Gasteiger partial charge >= 0.3 is 5.97 Å². The molecule has 4 nitrogen and oxygen atoms in total. The summed E-state index contributed by atoms with van der Waals surface area (Å²) < 4.78 is 5.65. The average Bonchev–Trinajstić information content (AvgIpc) is 2.98. The van der Waals surface area contributed by atoms with Gasteiger partial charge in [-0.15, -0.1) is 11.3 Å². The van der Waals surface area contributed by atoms with Crippen molar-refractivity contribution >= 4 is 17.3 Å². The van der Waals surface area contributed by atoms with Crippen LogP contribution in [0.1, 0.15) is 25.9 Å². The zero-order valence-corrected chi connectivity index (χ0v) is 13.1. The predicted octanol–water partition coefficient (Wildman–Crippen LogP) is 4.01. The fraction of sp³-hybridized carbons (Fsp3) is 0.111. The van der Waals surface area contributed by atoms with Crippen LogP contribution in [0.4, 0.5) is 0 Å². The summed E-state index contributed by atoms with van der Waals surface area (Å²) in [7, 11) is 0. The minimum Gasteiger partial charge on any atom is -0.486 e. The minimum absolute atomic E-state index is 0.268. The first-order chi connectivity index (χ1) is 11.2. The van der Waals surface area contributed by atoms with Crippen LogP contribution < -0.4 is 4.74 Å². The van der Waals surface area contributed by atoms with Gasteiger partial charge in [-0.2, -0.15) is 0 Å². The van der Waals surface area contributed by atoms with Crippen LogP contribution >= 0.6 is 11.3 Å². The highest BCUT2D eigenvalue weighted by molar-refractivity contribution is 7.13. The van der Waals surface area contributed by atoms with E-state index in [-0.39, 0.29) is 11.5 Å². The summed E-state index contributed by atoms with van der Waals surface area (Å²) in [6.07, 6.45) is 0.504. The summed E-state index contributed by atoms with van der Waals surface area (Å²) in [5, 5.41) is 10.0. The maximum atomic E-state index is 11.4. The van der Waals surface area contributed by atoms with Crippen LogP contribution in [0.25, 0.3) is 0 Å². The van der Waals surface area contributed by atoms with Crippen molar-refractivity contribution in [3.05, 3.63) is 81.8 Å². The molecule has 0 saturated carbocycles. The number of aromatic nitrogens is 1. The fourth-order valence-electron chi connectivity index (χ4n) is 2.20. The van der Waals surface area contributed by atoms with Gasteiger partial charge in [-0.05, 0) is 17.7 Å². The third kappa shape index (κ3) is 3.96. The molecule has 0 bridgehead atoms. The monoisotopic (exact) mass is 325 g/mol. The van der Waals surface area contributed by atoms with Crippen molar-refractivity contribution in [1.29, 1.82) is 0 Å². The molecule has 0 unspecified atom stereocenters. The second kappa shape index (κ2) is 7.07. The Balaban J connectivity index is 1.77. The molecule has 23 heavy (non-hydrogen) atoms. The van der Waals surface area contributed by atoms with Gasteiger partial charge in [0.1, 0.15) is 22.2 Å². The molecule has 0 amide bonds. The number of aromatic carboxylic acids is 1. The molecular weight excluding hydrogens is 310 g/mol. The minimum atomic E-state index is -0.945. The van der Waals surface area contributed by atoms with Crippen molar-refractivity contribution in [3.63, 3.8) is 0 Å². The third-order valence-corrected chi connectivity index (χ3v) is 4.31. The molecule has 0 aliphatic carbocycles. The molecule has 1 N–H and O–H groups in total. The molecule has 2 aromatic carbocycles. The van der Waals surface area contributed by atoms with Gasteiger partial charge in [-0.25, -0.2) is 9.78 Å². The van der Waals surface area contributed by atoms with E-state index < -0.39 is 5.97 Å². The molecule has 116 valence electrons. The Kier molecular flexibility index (Phi) is 4.68. The topological polar surface area (TPSA) is 59.4 Å². The van der Waals surface area contributed by atoms with Gasteiger partial charge < -0.3 is 9.84 Å². The molecule has 0 aliphatic heterocycles. The van der Waals surface area contributed by atoms with Crippen molar-refractivity contribution in [3.8, 4) is 5.75 Å². The van der Waals surface area contributed by atoms with Crippen molar-refractivity contribution in [2.24, 2.45) is 0 Å². The zero-order chi connectivity index (χ0) is 16.1. The standard InChI is InChI=1S/C18H15NO3S/c20-18(21)17-15(11-13-7-3-1-4-8-13)19-16(23-17)12-22-14-9-5-2-6-10-14/h1-10H,11-12H2,(H,20,21). The quantitative estimate of drug-likeness (QED) is 0.744. The Bertz CT molecular complexity index is 785. The van der Waals surface area contributed by atoms with Crippen LogP contribution in [0.15, 0.2) is 60.7 Å². The Morgan fingerprint density at radius 1 is 1.04 bits per heavy atom. The number of carboxylic acids is 1. The van der Waals surface area contributed by atoms with Gasteiger partial charge in [0.05, 0.1) is 5.69 Å². The summed E-state index contributed by atoms with van der Waals surface area (Å²) in [5.74, 6) is -0.205. The summed E-state index contributed by atoms with van der Waals surface area (Å²) in [6.45, 7) is 0.268. The van der Waals surface area contributed by atoms with E-state index in [2.05, 4.69) is 4.98 Å². The van der Waals surface area contributed by atoms with Crippen LogP contribution in [0.2, 0.25) is 0 Å². The molecule has 0 atom stereocenters. The molecule has 1 heterocycles. The molecule has 0 aliphatic rings. The highest BCUT2D eigenvalue weighted by atomic mass is 32.1. The molecule has 0 radical (unpaired) electrons. The van der Waals surface area contributed by atoms with Gasteiger partial charge in [-0.3, -0.25) is 0 Å². The number of carboxylic acid groups (broad SMARTS) is 1. The van der Waals surface area contributed by atoms with E-state index in [1.54, 1.807) is 0 Å². The lowest BCUT2D eigenvalue weighted by Gasteiger charge is -2.02. The maximum Gasteiger partial charge on any atom is 0.347 e. The van der Waals surface area contributed by atoms with Crippen molar-refractivity contribution in [1.82, 2.24) is 4.98 Å². The number of rotatable bonds is 6. The molecule has 0 spiro atoms. The predicted molar refractivity (Wildman–Crippen MR) is 89.1 cm³/mol. The SMILES string of the molecule is O=C(O)c1sc(COc2ccccc2)nc1Cc1ccccc1. The molecule has 1 aromatic heterocycles. The van der Waals surface area contributed by atoms with E-state index in [4.69, 9.17) is 4.74 Å². The summed E-state index contributed by atoms with van der Waals surface area (Å²) >= 11 is 1.17. The lowest BCUT2D eigenvalue weighted by molar-refractivity contribution is 0.0701. The molecule has 3 aromatic rings. The highest BCUT2D eigenvalue weighted by Gasteiger charge is 2.17. The van der Waals surface area contributed by atoms with Crippen LogP contribution in [0.5, 0.6) is 5.75 Å². The number of hydrogen-bond donors (Lipinski definition) is 1. The second-order valence-electron chi connectivity index (χ2n) is 4.95. The molecule has 0 fully saturated rings. The van der Waals surface area contributed by atoms with Crippen molar-refractivity contribution < 1.29 is 14.6 Å². The van der Waals surface area contributed by atoms with Crippen LogP contribution in [0.3, 0.4) is 0 Å². The van der Waals surface area contributed by atoms with E-state index >= 15 is 0 Å². The Labute approximate surface area is 138 Å². The maximum absolute atomic E-state index is 11.4. The molecule has 3 rings (SSSR count). The first-order valence-corrected chi connectivity index (χ1v) is 7.97. The second-order valence-corrected chi connectivity index (χ2v) is 6.04. The van der Waals surface area contributed by atoms with E-state index in [0.29, 0.717) is 17.1 Å². The van der Waals surface area contributed by atoms with E-state index in [0.717, 1.165) is 11.3 Å². The Morgan fingerprint density at radius 3 is 2.35 bits per heavy atom. The number of benzene rings is 2. The van der Waals surface area contributed by atoms with Gasteiger partial charge in [-0.1, -0.05) is 48.5 Å². The number of nitrogens with zero attached hydrogens (tertiary/aromatic N) is 1. The van der Waals surface area contributed by atoms with Gasteiger partial charge in [0.25, 0.3) is 0 Å². The molecular formula is C18H15NO3S. The number of thiazole rings is 1. The van der Waals surface area contributed by atoms with E-state index in [1.165, 1.54) is 11.3 Å². The average molecular weight is 325 g/mol. The van der Waals surface area contributed by atoms with Crippen molar-refractivity contribution in [2.75, 3.05) is 0 Å². The molecule has 0 saturated heterocycles. The lowest BCUT2D eigenvalue weighted by atomic mass is 10.1. The summed E-state index contributed by atoms with van der Waals surface area (Å²) in [6, 6.07) is 19.1. The highest BCUT2D eigenvalue weighted by Crippen LogP contribution is 2.23. The van der Waals surface area contributed by atoms with E-state index in [9.17, 15) is 9.90 Å². The first kappa shape index (κ1) is 15.2. The Hall–Kier alpha value is -2.66. The lowest BCUT2D eigenvalue weighted by Crippen LogP contribution is -2.00. The summed E-state index contributed by atoms with van der Waals surface area (Å²) in [5.41, 5.74) is 1.62. The van der Waals surface area contributed by atoms with Gasteiger partial charge in [0.2, 0.25) is 0 Å². The van der Waals surface area contributed by atoms with Crippen molar-refractivity contribution in [2.45, 2.75) is 13.0 Å². The van der Waals surface area contributed by atoms with Crippen LogP contribution in [0, 0.1) is 0 Å². The fourth-order valence-corrected chi connectivity index (χ4v) is 3.03. The normalized spacial score (nSPS) is 10.4. The molecule has 5 heteroatoms. The smallest absolute Gasteiger partial charge is 0.347 e. The first-order valence-electron chi connectivity index (χ1n) is 7.16.